The Hall–Kier alpha value is -0.860. The lowest BCUT2D eigenvalue weighted by atomic mass is 9.86. The van der Waals surface area contributed by atoms with Gasteiger partial charge in [-0.05, 0) is 35.4 Å². The third-order valence-electron chi connectivity index (χ3n) is 4.07. The van der Waals surface area contributed by atoms with E-state index in [2.05, 4.69) is 78.5 Å². The van der Waals surface area contributed by atoms with E-state index in [1.807, 2.05) is 0 Å². The summed E-state index contributed by atoms with van der Waals surface area (Å²) in [5, 5.41) is 6.16. The highest BCUT2D eigenvalue weighted by molar-refractivity contribution is 9.10. The monoisotopic (exact) mass is 319 g/mol. The fraction of sp³-hybridized carbons (Fsp3) is 0.412. The average Bonchev–Trinajstić information content (AvgIpc) is 2.46. The van der Waals surface area contributed by atoms with E-state index in [1.165, 1.54) is 33.7 Å². The summed E-state index contributed by atoms with van der Waals surface area (Å²) in [5.74, 6) is 0.676. The Morgan fingerprint density at radius 3 is 2.21 bits per heavy atom. The number of halogens is 1. The molecular formula is C17H22BrN. The van der Waals surface area contributed by atoms with Crippen LogP contribution in [0, 0.1) is 5.92 Å². The first-order valence-electron chi connectivity index (χ1n) is 7.07. The van der Waals surface area contributed by atoms with Crippen LogP contribution in [0.3, 0.4) is 0 Å². The molecule has 0 saturated heterocycles. The molecule has 19 heavy (non-hydrogen) atoms. The van der Waals surface area contributed by atoms with Gasteiger partial charge in [-0.3, -0.25) is 0 Å². The molecule has 0 saturated carbocycles. The zero-order valence-electron chi connectivity index (χ0n) is 11.9. The Labute approximate surface area is 124 Å². The minimum absolute atomic E-state index is 0.424. The van der Waals surface area contributed by atoms with Crippen molar-refractivity contribution < 1.29 is 0 Å². The molecule has 0 fully saturated rings. The molecule has 0 bridgehead atoms. The normalized spacial score (nSPS) is 13.1. The van der Waals surface area contributed by atoms with Gasteiger partial charge in [-0.25, -0.2) is 0 Å². The van der Waals surface area contributed by atoms with Crippen LogP contribution < -0.4 is 5.32 Å². The molecular weight excluding hydrogens is 298 g/mol. The number of hydrogen-bond acceptors (Lipinski definition) is 1. The van der Waals surface area contributed by atoms with E-state index in [0.717, 1.165) is 0 Å². The van der Waals surface area contributed by atoms with Gasteiger partial charge in [0.05, 0.1) is 0 Å². The molecule has 0 spiro atoms. The summed E-state index contributed by atoms with van der Waals surface area (Å²) < 4.78 is 1.17. The van der Waals surface area contributed by atoms with E-state index >= 15 is 0 Å². The zero-order valence-corrected chi connectivity index (χ0v) is 13.5. The lowest BCUT2D eigenvalue weighted by Gasteiger charge is -2.26. The molecule has 2 aromatic carbocycles. The molecule has 0 aromatic heterocycles. The van der Waals surface area contributed by atoms with Crippen LogP contribution in [-0.2, 0) is 0 Å². The van der Waals surface area contributed by atoms with Crippen molar-refractivity contribution in [2.75, 3.05) is 7.05 Å². The first-order chi connectivity index (χ1) is 9.22. The average molecular weight is 320 g/mol. The maximum Gasteiger partial charge on any atom is 0.0352 e. The van der Waals surface area contributed by atoms with Gasteiger partial charge in [0.15, 0.2) is 0 Å². The van der Waals surface area contributed by atoms with Gasteiger partial charge in [0.1, 0.15) is 0 Å². The molecule has 0 aliphatic heterocycles. The fourth-order valence-corrected chi connectivity index (χ4v) is 3.44. The summed E-state index contributed by atoms with van der Waals surface area (Å²) in [6.45, 7) is 4.55. The molecule has 2 rings (SSSR count). The van der Waals surface area contributed by atoms with Crippen LogP contribution in [0.15, 0.2) is 40.9 Å². The predicted molar refractivity (Wildman–Crippen MR) is 87.5 cm³/mol. The Balaban J connectivity index is 2.57. The SMILES string of the molecule is CCC(CC)C(NC)c1ccc(Br)c2ccccc12. The lowest BCUT2D eigenvalue weighted by Crippen LogP contribution is -2.24. The van der Waals surface area contributed by atoms with Gasteiger partial charge in [-0.15, -0.1) is 0 Å². The van der Waals surface area contributed by atoms with Gasteiger partial charge in [-0.2, -0.15) is 0 Å². The molecule has 2 aromatic rings. The smallest absolute Gasteiger partial charge is 0.0352 e. The van der Waals surface area contributed by atoms with Crippen LogP contribution in [0.5, 0.6) is 0 Å². The van der Waals surface area contributed by atoms with Crippen LogP contribution in [0.2, 0.25) is 0 Å². The topological polar surface area (TPSA) is 12.0 Å². The molecule has 0 aliphatic rings. The van der Waals surface area contributed by atoms with Crippen LogP contribution >= 0.6 is 15.9 Å². The number of nitrogens with one attached hydrogen (secondary N) is 1. The Bertz CT molecular complexity index is 546. The Morgan fingerprint density at radius 1 is 1.00 bits per heavy atom. The molecule has 0 amide bonds. The second-order valence-corrected chi connectivity index (χ2v) is 5.88. The third kappa shape index (κ3) is 2.85. The largest absolute Gasteiger partial charge is 0.313 e. The van der Waals surface area contributed by atoms with Gasteiger partial charge in [-0.1, -0.05) is 73.0 Å². The van der Waals surface area contributed by atoms with Crippen molar-refractivity contribution in [1.29, 1.82) is 0 Å². The van der Waals surface area contributed by atoms with Crippen LogP contribution in [0.4, 0.5) is 0 Å². The minimum atomic E-state index is 0.424. The van der Waals surface area contributed by atoms with Crippen molar-refractivity contribution in [2.45, 2.75) is 32.7 Å². The lowest BCUT2D eigenvalue weighted by molar-refractivity contribution is 0.361. The highest BCUT2D eigenvalue weighted by Crippen LogP contribution is 2.34. The molecule has 1 nitrogen and oxygen atoms in total. The summed E-state index contributed by atoms with van der Waals surface area (Å²) in [7, 11) is 2.07. The molecule has 0 aliphatic carbocycles. The second-order valence-electron chi connectivity index (χ2n) is 5.03. The summed E-state index contributed by atoms with van der Waals surface area (Å²) in [6, 6.07) is 13.5. The van der Waals surface area contributed by atoms with E-state index in [4.69, 9.17) is 0 Å². The fourth-order valence-electron chi connectivity index (χ4n) is 2.96. The van der Waals surface area contributed by atoms with Crippen molar-refractivity contribution in [1.82, 2.24) is 5.32 Å². The molecule has 0 heterocycles. The highest BCUT2D eigenvalue weighted by atomic mass is 79.9. The van der Waals surface area contributed by atoms with Gasteiger partial charge in [0.25, 0.3) is 0 Å². The van der Waals surface area contributed by atoms with Crippen LogP contribution in [0.1, 0.15) is 38.3 Å². The van der Waals surface area contributed by atoms with Gasteiger partial charge in [0.2, 0.25) is 0 Å². The molecule has 1 atom stereocenters. The number of rotatable bonds is 5. The van der Waals surface area contributed by atoms with Crippen LogP contribution in [-0.4, -0.2) is 7.05 Å². The minimum Gasteiger partial charge on any atom is -0.313 e. The predicted octanol–water partition coefficient (Wildman–Crippen LogP) is 5.30. The summed E-state index contributed by atoms with van der Waals surface area (Å²) in [6.07, 6.45) is 2.40. The van der Waals surface area contributed by atoms with Gasteiger partial charge < -0.3 is 5.32 Å². The van der Waals surface area contributed by atoms with Gasteiger partial charge >= 0.3 is 0 Å². The molecule has 0 radical (unpaired) electrons. The Morgan fingerprint density at radius 2 is 1.63 bits per heavy atom. The third-order valence-corrected chi connectivity index (χ3v) is 4.76. The maximum atomic E-state index is 3.65. The zero-order chi connectivity index (χ0) is 13.8. The maximum absolute atomic E-state index is 3.65. The molecule has 102 valence electrons. The summed E-state index contributed by atoms with van der Waals surface area (Å²) in [5.41, 5.74) is 1.41. The number of benzene rings is 2. The molecule has 2 heteroatoms. The highest BCUT2D eigenvalue weighted by Gasteiger charge is 2.20. The number of hydrogen-bond donors (Lipinski definition) is 1. The second kappa shape index (κ2) is 6.53. The van der Waals surface area contributed by atoms with Gasteiger partial charge in [0, 0.05) is 10.5 Å². The number of fused-ring (bicyclic) bond motifs is 1. The molecule has 1 unspecified atom stereocenters. The van der Waals surface area contributed by atoms with Crippen molar-refractivity contribution in [2.24, 2.45) is 5.92 Å². The van der Waals surface area contributed by atoms with E-state index in [-0.39, 0.29) is 0 Å². The quantitative estimate of drug-likeness (QED) is 0.788. The summed E-state index contributed by atoms with van der Waals surface area (Å²) >= 11 is 3.65. The van der Waals surface area contributed by atoms with Crippen LogP contribution in [0.25, 0.3) is 10.8 Å². The molecule has 1 N–H and O–H groups in total. The van der Waals surface area contributed by atoms with E-state index in [0.29, 0.717) is 12.0 Å². The first kappa shape index (κ1) is 14.5. The van der Waals surface area contributed by atoms with Crippen molar-refractivity contribution >= 4 is 26.7 Å². The van der Waals surface area contributed by atoms with Crippen molar-refractivity contribution in [3.05, 3.63) is 46.4 Å². The van der Waals surface area contributed by atoms with E-state index in [9.17, 15) is 0 Å². The van der Waals surface area contributed by atoms with Crippen molar-refractivity contribution in [3.8, 4) is 0 Å². The van der Waals surface area contributed by atoms with E-state index < -0.39 is 0 Å². The van der Waals surface area contributed by atoms with Crippen molar-refractivity contribution in [3.63, 3.8) is 0 Å². The van der Waals surface area contributed by atoms with E-state index in [1.54, 1.807) is 0 Å². The summed E-state index contributed by atoms with van der Waals surface area (Å²) in [4.78, 5) is 0. The Kier molecular flexibility index (Phi) is 5.00. The first-order valence-corrected chi connectivity index (χ1v) is 7.86. The standard InChI is InChI=1S/C17H22BrN/c1-4-12(5-2)17(19-3)15-10-11-16(18)14-9-7-6-8-13(14)15/h6-12,17,19H,4-5H2,1-3H3.